The summed E-state index contributed by atoms with van der Waals surface area (Å²) < 4.78 is 0. The molecule has 2 rings (SSSR count). The lowest BCUT2D eigenvalue weighted by Gasteiger charge is -2.19. The van der Waals surface area contributed by atoms with Crippen LogP contribution in [0.2, 0.25) is 0 Å². The number of Topliss-reactive ketones (excluding diaryl/α,β-unsaturated/α-hetero) is 1. The zero-order chi connectivity index (χ0) is 15.4. The van der Waals surface area contributed by atoms with E-state index in [9.17, 15) is 14.4 Å². The highest BCUT2D eigenvalue weighted by Gasteiger charge is 2.42. The van der Waals surface area contributed by atoms with Crippen molar-refractivity contribution in [2.75, 3.05) is 6.61 Å². The molecule has 1 saturated heterocycles. The van der Waals surface area contributed by atoms with E-state index in [0.29, 0.717) is 12.8 Å². The van der Waals surface area contributed by atoms with E-state index in [1.54, 1.807) is 0 Å². The van der Waals surface area contributed by atoms with Gasteiger partial charge in [-0.25, -0.2) is 4.79 Å². The first-order valence-corrected chi connectivity index (χ1v) is 6.85. The van der Waals surface area contributed by atoms with Crippen LogP contribution in [0.5, 0.6) is 0 Å². The van der Waals surface area contributed by atoms with Gasteiger partial charge in [0.2, 0.25) is 0 Å². The Hall–Kier alpha value is -2.21. The quantitative estimate of drug-likeness (QED) is 0.746. The van der Waals surface area contributed by atoms with E-state index >= 15 is 0 Å². The molecule has 2 N–H and O–H groups in total. The molecular weight excluding hydrogens is 272 g/mol. The van der Waals surface area contributed by atoms with E-state index in [1.807, 2.05) is 30.3 Å². The van der Waals surface area contributed by atoms with Crippen molar-refractivity contribution in [1.82, 2.24) is 10.2 Å². The first kappa shape index (κ1) is 15.2. The summed E-state index contributed by atoms with van der Waals surface area (Å²) in [4.78, 5) is 36.4. The van der Waals surface area contributed by atoms with Gasteiger partial charge in [-0.3, -0.25) is 14.5 Å². The number of carbonyl (C=O) groups excluding carboxylic acids is 3. The SMILES string of the molecule is C[C@H](C(=O)CO)N1C(=O)N[C@@H](CCc2ccccc2)C1=O. The van der Waals surface area contributed by atoms with Gasteiger partial charge in [-0.05, 0) is 25.3 Å². The van der Waals surface area contributed by atoms with Gasteiger partial charge in [0, 0.05) is 0 Å². The lowest BCUT2D eigenvalue weighted by Crippen LogP contribution is -2.44. The summed E-state index contributed by atoms with van der Waals surface area (Å²) in [6.07, 6.45) is 1.14. The van der Waals surface area contributed by atoms with Crippen LogP contribution in [0.1, 0.15) is 18.9 Å². The number of hydrogen-bond acceptors (Lipinski definition) is 4. The van der Waals surface area contributed by atoms with E-state index in [2.05, 4.69) is 5.32 Å². The van der Waals surface area contributed by atoms with Crippen LogP contribution in [0.15, 0.2) is 30.3 Å². The zero-order valence-electron chi connectivity index (χ0n) is 11.8. The molecule has 112 valence electrons. The van der Waals surface area contributed by atoms with Crippen LogP contribution in [-0.4, -0.2) is 46.4 Å². The molecule has 1 heterocycles. The molecule has 6 heteroatoms. The van der Waals surface area contributed by atoms with Crippen LogP contribution < -0.4 is 5.32 Å². The number of hydrogen-bond donors (Lipinski definition) is 2. The number of aryl methyl sites for hydroxylation is 1. The van der Waals surface area contributed by atoms with Gasteiger partial charge in [0.1, 0.15) is 12.6 Å². The van der Waals surface area contributed by atoms with Crippen molar-refractivity contribution in [2.24, 2.45) is 0 Å². The number of imide groups is 1. The standard InChI is InChI=1S/C15H18N2O4/c1-10(13(19)9-18)17-14(20)12(16-15(17)21)8-7-11-5-3-2-4-6-11/h2-6,10,12,18H,7-9H2,1H3,(H,16,21)/t10-,12+/m1/s1. The van der Waals surface area contributed by atoms with Gasteiger partial charge < -0.3 is 10.4 Å². The van der Waals surface area contributed by atoms with Crippen LogP contribution in [0.25, 0.3) is 0 Å². The molecule has 0 radical (unpaired) electrons. The predicted octanol–water partition coefficient (Wildman–Crippen LogP) is 0.489. The molecule has 6 nitrogen and oxygen atoms in total. The summed E-state index contributed by atoms with van der Waals surface area (Å²) in [6, 6.07) is 7.52. The van der Waals surface area contributed by atoms with Crippen molar-refractivity contribution in [2.45, 2.75) is 31.8 Å². The van der Waals surface area contributed by atoms with Gasteiger partial charge in [-0.15, -0.1) is 0 Å². The summed E-state index contributed by atoms with van der Waals surface area (Å²) in [6.45, 7) is 0.752. The number of rotatable bonds is 6. The zero-order valence-corrected chi connectivity index (χ0v) is 11.8. The Morgan fingerprint density at radius 1 is 1.33 bits per heavy atom. The van der Waals surface area contributed by atoms with Gasteiger partial charge in [-0.2, -0.15) is 0 Å². The Morgan fingerprint density at radius 3 is 2.62 bits per heavy atom. The Labute approximate surface area is 122 Å². The molecule has 3 amide bonds. The molecule has 0 aromatic heterocycles. The fourth-order valence-corrected chi connectivity index (χ4v) is 2.34. The molecule has 1 aliphatic rings. The molecule has 0 spiro atoms. The maximum atomic E-state index is 12.2. The van der Waals surface area contributed by atoms with Gasteiger partial charge in [-0.1, -0.05) is 30.3 Å². The van der Waals surface area contributed by atoms with Crippen LogP contribution >= 0.6 is 0 Å². The maximum Gasteiger partial charge on any atom is 0.325 e. The molecule has 0 bridgehead atoms. The average molecular weight is 290 g/mol. The number of amides is 3. The molecule has 1 fully saturated rings. The topological polar surface area (TPSA) is 86.7 Å². The molecule has 1 aliphatic heterocycles. The van der Waals surface area contributed by atoms with E-state index < -0.39 is 36.4 Å². The summed E-state index contributed by atoms with van der Waals surface area (Å²) in [5, 5.41) is 11.4. The second kappa shape index (κ2) is 6.49. The second-order valence-electron chi connectivity index (χ2n) is 5.03. The largest absolute Gasteiger partial charge is 0.389 e. The highest BCUT2D eigenvalue weighted by atomic mass is 16.3. The minimum atomic E-state index is -0.941. The molecule has 1 aromatic carbocycles. The molecular formula is C15H18N2O4. The molecule has 0 saturated carbocycles. The number of urea groups is 1. The minimum Gasteiger partial charge on any atom is -0.389 e. The molecule has 21 heavy (non-hydrogen) atoms. The van der Waals surface area contributed by atoms with Gasteiger partial charge in [0.15, 0.2) is 5.78 Å². The second-order valence-corrected chi connectivity index (χ2v) is 5.03. The fraction of sp³-hybridized carbons (Fsp3) is 0.400. The smallest absolute Gasteiger partial charge is 0.325 e. The van der Waals surface area contributed by atoms with Gasteiger partial charge in [0.25, 0.3) is 5.91 Å². The van der Waals surface area contributed by atoms with Crippen LogP contribution in [-0.2, 0) is 16.0 Å². The normalized spacial score (nSPS) is 19.5. The predicted molar refractivity (Wildman–Crippen MR) is 75.5 cm³/mol. The van der Waals surface area contributed by atoms with Gasteiger partial charge in [0.05, 0.1) is 6.04 Å². The Bertz CT molecular complexity index is 544. The van der Waals surface area contributed by atoms with Crippen molar-refractivity contribution in [1.29, 1.82) is 0 Å². The third-order valence-electron chi connectivity index (χ3n) is 3.63. The third kappa shape index (κ3) is 3.28. The Kier molecular flexibility index (Phi) is 4.70. The monoisotopic (exact) mass is 290 g/mol. The first-order chi connectivity index (χ1) is 10.0. The number of nitrogens with one attached hydrogen (secondary N) is 1. The van der Waals surface area contributed by atoms with E-state index in [1.165, 1.54) is 6.92 Å². The molecule has 0 unspecified atom stereocenters. The van der Waals surface area contributed by atoms with Crippen molar-refractivity contribution >= 4 is 17.7 Å². The summed E-state index contributed by atoms with van der Waals surface area (Å²) in [5.41, 5.74) is 1.08. The van der Waals surface area contributed by atoms with Crippen molar-refractivity contribution < 1.29 is 19.5 Å². The van der Waals surface area contributed by atoms with Crippen LogP contribution in [0.3, 0.4) is 0 Å². The number of nitrogens with zero attached hydrogens (tertiary/aromatic N) is 1. The van der Waals surface area contributed by atoms with Crippen LogP contribution in [0.4, 0.5) is 4.79 Å². The van der Waals surface area contributed by atoms with Crippen molar-refractivity contribution in [3.63, 3.8) is 0 Å². The molecule has 0 aliphatic carbocycles. The lowest BCUT2D eigenvalue weighted by atomic mass is 10.0. The van der Waals surface area contributed by atoms with Crippen molar-refractivity contribution in [3.05, 3.63) is 35.9 Å². The van der Waals surface area contributed by atoms with E-state index in [0.717, 1.165) is 10.5 Å². The van der Waals surface area contributed by atoms with E-state index in [-0.39, 0.29) is 0 Å². The Balaban J connectivity index is 1.99. The molecule has 2 atom stereocenters. The summed E-state index contributed by atoms with van der Waals surface area (Å²) >= 11 is 0. The minimum absolute atomic E-state index is 0.412. The maximum absolute atomic E-state index is 12.2. The number of aliphatic hydroxyl groups excluding tert-OH is 1. The van der Waals surface area contributed by atoms with Crippen molar-refractivity contribution in [3.8, 4) is 0 Å². The Morgan fingerprint density at radius 2 is 2.00 bits per heavy atom. The fourth-order valence-electron chi connectivity index (χ4n) is 2.34. The summed E-state index contributed by atoms with van der Waals surface area (Å²) in [7, 11) is 0. The highest BCUT2D eigenvalue weighted by molar-refractivity contribution is 6.07. The van der Waals surface area contributed by atoms with E-state index in [4.69, 9.17) is 5.11 Å². The summed E-state index contributed by atoms with van der Waals surface area (Å²) in [5.74, 6) is -0.965. The van der Waals surface area contributed by atoms with Gasteiger partial charge >= 0.3 is 6.03 Å². The number of benzene rings is 1. The first-order valence-electron chi connectivity index (χ1n) is 6.85. The number of aliphatic hydroxyl groups is 1. The average Bonchev–Trinajstić information content (AvgIpc) is 2.79. The number of carbonyl (C=O) groups is 3. The third-order valence-corrected chi connectivity index (χ3v) is 3.63. The highest BCUT2D eigenvalue weighted by Crippen LogP contribution is 2.16. The molecule has 1 aromatic rings. The number of ketones is 1. The lowest BCUT2D eigenvalue weighted by molar-refractivity contribution is -0.135. The van der Waals surface area contributed by atoms with Crippen LogP contribution in [0, 0.1) is 0 Å².